The highest BCUT2D eigenvalue weighted by Crippen LogP contribution is 2.36. The highest BCUT2D eigenvalue weighted by atomic mass is 35.5. The van der Waals surface area contributed by atoms with Crippen LogP contribution < -0.4 is 15.2 Å². The van der Waals surface area contributed by atoms with Gasteiger partial charge in [0.15, 0.2) is 5.58 Å². The lowest BCUT2D eigenvalue weighted by molar-refractivity contribution is 0.403. The predicted octanol–water partition coefficient (Wildman–Crippen LogP) is 3.75. The molecule has 1 heterocycles. The third-order valence-electron chi connectivity index (χ3n) is 3.14. The molecule has 0 aliphatic rings. The number of nitrogens with two attached hydrogens (primary N) is 1. The van der Waals surface area contributed by atoms with Crippen LogP contribution >= 0.6 is 11.6 Å². The summed E-state index contributed by atoms with van der Waals surface area (Å²) in [6.07, 6.45) is 0. The van der Waals surface area contributed by atoms with E-state index in [1.807, 2.05) is 0 Å². The fourth-order valence-corrected chi connectivity index (χ4v) is 2.22. The number of hydrogen-bond acceptors (Lipinski definition) is 5. The van der Waals surface area contributed by atoms with Gasteiger partial charge in [-0.15, -0.1) is 0 Å². The normalized spacial score (nSPS) is 10.8. The second kappa shape index (κ2) is 5.18. The topological polar surface area (TPSA) is 70.5 Å². The number of nitrogens with zero attached hydrogens (tertiary/aromatic N) is 1. The Morgan fingerprint density at radius 3 is 2.67 bits per heavy atom. The molecule has 0 atom stereocenters. The molecule has 3 rings (SSSR count). The van der Waals surface area contributed by atoms with Crippen molar-refractivity contribution in [3.63, 3.8) is 0 Å². The van der Waals surface area contributed by atoms with Gasteiger partial charge in [0.2, 0.25) is 5.89 Å². The highest BCUT2D eigenvalue weighted by molar-refractivity contribution is 6.33. The summed E-state index contributed by atoms with van der Waals surface area (Å²) in [6, 6.07) is 8.73. The van der Waals surface area contributed by atoms with Gasteiger partial charge in [-0.1, -0.05) is 11.6 Å². The molecule has 0 bridgehead atoms. The summed E-state index contributed by atoms with van der Waals surface area (Å²) in [6.45, 7) is 0. The number of aromatic nitrogens is 1. The number of oxazole rings is 1. The number of anilines is 1. The summed E-state index contributed by atoms with van der Waals surface area (Å²) in [4.78, 5) is 4.43. The second-order valence-corrected chi connectivity index (χ2v) is 4.83. The lowest BCUT2D eigenvalue weighted by Gasteiger charge is -2.07. The van der Waals surface area contributed by atoms with Crippen LogP contribution in [0.5, 0.6) is 11.5 Å². The molecule has 6 heteroatoms. The summed E-state index contributed by atoms with van der Waals surface area (Å²) in [5.41, 5.74) is 8.12. The van der Waals surface area contributed by atoms with Crippen molar-refractivity contribution in [2.75, 3.05) is 20.0 Å². The smallest absolute Gasteiger partial charge is 0.231 e. The minimum Gasteiger partial charge on any atom is -0.497 e. The first-order chi connectivity index (χ1) is 10.1. The first-order valence-electron chi connectivity index (χ1n) is 6.20. The number of methoxy groups -OCH3 is 2. The monoisotopic (exact) mass is 304 g/mol. The van der Waals surface area contributed by atoms with Crippen LogP contribution in [0.3, 0.4) is 0 Å². The first-order valence-corrected chi connectivity index (χ1v) is 6.58. The average molecular weight is 305 g/mol. The number of fused-ring (bicyclic) bond motifs is 1. The molecule has 5 nitrogen and oxygen atoms in total. The van der Waals surface area contributed by atoms with E-state index in [1.54, 1.807) is 44.6 Å². The van der Waals surface area contributed by atoms with Crippen molar-refractivity contribution in [3.05, 3.63) is 35.4 Å². The molecule has 0 fully saturated rings. The van der Waals surface area contributed by atoms with Crippen molar-refractivity contribution in [1.29, 1.82) is 0 Å². The molecule has 108 valence electrons. The van der Waals surface area contributed by atoms with E-state index in [4.69, 9.17) is 31.2 Å². The van der Waals surface area contributed by atoms with Crippen molar-refractivity contribution in [2.45, 2.75) is 0 Å². The highest BCUT2D eigenvalue weighted by Gasteiger charge is 2.15. The van der Waals surface area contributed by atoms with E-state index in [1.165, 1.54) is 0 Å². The Hall–Kier alpha value is -2.40. The molecule has 0 aliphatic heterocycles. The summed E-state index contributed by atoms with van der Waals surface area (Å²) in [7, 11) is 3.18. The zero-order valence-corrected chi connectivity index (χ0v) is 12.3. The average Bonchev–Trinajstić information content (AvgIpc) is 2.89. The Morgan fingerprint density at radius 2 is 1.95 bits per heavy atom. The van der Waals surface area contributed by atoms with E-state index >= 15 is 0 Å². The van der Waals surface area contributed by atoms with Crippen LogP contribution in [0.4, 0.5) is 5.69 Å². The quantitative estimate of drug-likeness (QED) is 0.746. The minimum atomic E-state index is 0.419. The number of ether oxygens (including phenoxy) is 2. The predicted molar refractivity (Wildman–Crippen MR) is 82.0 cm³/mol. The Morgan fingerprint density at radius 1 is 1.14 bits per heavy atom. The minimum absolute atomic E-state index is 0.419. The third kappa shape index (κ3) is 2.36. The molecular weight excluding hydrogens is 292 g/mol. The molecule has 2 aromatic carbocycles. The lowest BCUT2D eigenvalue weighted by Crippen LogP contribution is -1.90. The van der Waals surface area contributed by atoms with Crippen LogP contribution in [-0.4, -0.2) is 19.2 Å². The van der Waals surface area contributed by atoms with Gasteiger partial charge in [-0.05, 0) is 24.3 Å². The van der Waals surface area contributed by atoms with Crippen LogP contribution in [0.15, 0.2) is 34.7 Å². The SMILES string of the molecule is COc1ccc(OC)c(-c2nc3cc(Cl)c(N)cc3o2)c1. The van der Waals surface area contributed by atoms with Crippen LogP contribution in [0, 0.1) is 0 Å². The molecule has 0 saturated carbocycles. The number of benzene rings is 2. The van der Waals surface area contributed by atoms with E-state index < -0.39 is 0 Å². The molecule has 2 N–H and O–H groups in total. The Bertz CT molecular complexity index is 775. The van der Waals surface area contributed by atoms with E-state index in [9.17, 15) is 0 Å². The zero-order valence-electron chi connectivity index (χ0n) is 11.5. The molecule has 21 heavy (non-hydrogen) atoms. The van der Waals surface area contributed by atoms with Gasteiger partial charge in [0, 0.05) is 6.07 Å². The van der Waals surface area contributed by atoms with Gasteiger partial charge in [-0.3, -0.25) is 0 Å². The van der Waals surface area contributed by atoms with Gasteiger partial charge < -0.3 is 19.6 Å². The molecule has 0 radical (unpaired) electrons. The molecule has 0 unspecified atom stereocenters. The lowest BCUT2D eigenvalue weighted by atomic mass is 10.2. The summed E-state index contributed by atoms with van der Waals surface area (Å²) in [5.74, 6) is 1.74. The Kier molecular flexibility index (Phi) is 3.35. The molecular formula is C15H13ClN2O3. The van der Waals surface area contributed by atoms with Crippen molar-refractivity contribution in [1.82, 2.24) is 4.98 Å². The maximum atomic E-state index is 6.00. The largest absolute Gasteiger partial charge is 0.497 e. The van der Waals surface area contributed by atoms with Crippen molar-refractivity contribution < 1.29 is 13.9 Å². The van der Waals surface area contributed by atoms with Gasteiger partial charge in [0.05, 0.1) is 30.5 Å². The Labute approximate surface area is 126 Å². The molecule has 1 aromatic heterocycles. The summed E-state index contributed by atoms with van der Waals surface area (Å²) >= 11 is 6.00. The van der Waals surface area contributed by atoms with Crippen molar-refractivity contribution >= 4 is 28.4 Å². The molecule has 0 saturated heterocycles. The van der Waals surface area contributed by atoms with E-state index in [2.05, 4.69) is 4.98 Å². The van der Waals surface area contributed by atoms with Crippen LogP contribution in [0.2, 0.25) is 5.02 Å². The third-order valence-corrected chi connectivity index (χ3v) is 3.47. The zero-order chi connectivity index (χ0) is 15.0. The van der Waals surface area contributed by atoms with Gasteiger partial charge in [0.25, 0.3) is 0 Å². The molecule has 0 aliphatic carbocycles. The summed E-state index contributed by atoms with van der Waals surface area (Å²) < 4.78 is 16.3. The standard InChI is InChI=1S/C15H13ClN2O3/c1-19-8-3-4-13(20-2)9(5-8)15-18-12-6-10(16)11(17)7-14(12)21-15/h3-7H,17H2,1-2H3. The first kappa shape index (κ1) is 13.6. The fraction of sp³-hybridized carbons (Fsp3) is 0.133. The molecule has 0 amide bonds. The van der Waals surface area contributed by atoms with Gasteiger partial charge in [0.1, 0.15) is 17.0 Å². The van der Waals surface area contributed by atoms with Gasteiger partial charge in [-0.2, -0.15) is 0 Å². The van der Waals surface area contributed by atoms with E-state index in [0.29, 0.717) is 44.8 Å². The van der Waals surface area contributed by atoms with Gasteiger partial charge in [-0.25, -0.2) is 4.98 Å². The molecule has 3 aromatic rings. The Balaban J connectivity index is 2.20. The van der Waals surface area contributed by atoms with Crippen LogP contribution in [0.1, 0.15) is 0 Å². The maximum absolute atomic E-state index is 6.00. The van der Waals surface area contributed by atoms with Gasteiger partial charge >= 0.3 is 0 Å². The second-order valence-electron chi connectivity index (χ2n) is 4.43. The van der Waals surface area contributed by atoms with E-state index in [0.717, 1.165) is 0 Å². The van der Waals surface area contributed by atoms with Crippen molar-refractivity contribution in [3.8, 4) is 23.0 Å². The number of hydrogen-bond donors (Lipinski definition) is 1. The maximum Gasteiger partial charge on any atom is 0.231 e. The fourth-order valence-electron chi connectivity index (χ4n) is 2.06. The van der Waals surface area contributed by atoms with Crippen LogP contribution in [0.25, 0.3) is 22.6 Å². The molecule has 0 spiro atoms. The van der Waals surface area contributed by atoms with Crippen molar-refractivity contribution in [2.24, 2.45) is 0 Å². The number of rotatable bonds is 3. The number of halogens is 1. The number of nitrogen functional groups attached to an aromatic ring is 1. The van der Waals surface area contributed by atoms with Crippen LogP contribution in [-0.2, 0) is 0 Å². The summed E-state index contributed by atoms with van der Waals surface area (Å²) in [5, 5.41) is 0.444. The van der Waals surface area contributed by atoms with E-state index in [-0.39, 0.29) is 0 Å².